The maximum absolute atomic E-state index is 11.5. The smallest absolute Gasteiger partial charge is 0.338 e. The summed E-state index contributed by atoms with van der Waals surface area (Å²) in [5.74, 6) is -1.13. The molecule has 0 aliphatic carbocycles. The van der Waals surface area contributed by atoms with Crippen LogP contribution in [-0.4, -0.2) is 32.9 Å². The Morgan fingerprint density at radius 3 is 2.81 bits per heavy atom. The normalized spacial score (nSPS) is 22.5. The van der Waals surface area contributed by atoms with Crippen LogP contribution in [0.2, 0.25) is 0 Å². The zero-order valence-corrected chi connectivity index (χ0v) is 9.36. The second kappa shape index (κ2) is 5.95. The summed E-state index contributed by atoms with van der Waals surface area (Å²) in [5, 5.41) is 11.5. The van der Waals surface area contributed by atoms with Crippen LogP contribution < -0.4 is 5.11 Å². The van der Waals surface area contributed by atoms with E-state index in [1.165, 1.54) is 20.4 Å². The van der Waals surface area contributed by atoms with Gasteiger partial charge >= 0.3 is 5.97 Å². The van der Waals surface area contributed by atoms with Crippen molar-refractivity contribution in [2.75, 3.05) is 20.8 Å². The summed E-state index contributed by atoms with van der Waals surface area (Å²) in [6.45, 7) is 0.630. The molecular formula is C11H14NO4-. The van der Waals surface area contributed by atoms with Crippen molar-refractivity contribution < 1.29 is 19.4 Å². The van der Waals surface area contributed by atoms with E-state index in [4.69, 9.17) is 0 Å². The lowest BCUT2D eigenvalue weighted by Crippen LogP contribution is -2.17. The Bertz CT molecular complexity index is 355. The number of hydrogen-bond donors (Lipinski definition) is 0. The monoisotopic (exact) mass is 224 g/mol. The Morgan fingerprint density at radius 1 is 1.44 bits per heavy atom. The van der Waals surface area contributed by atoms with Crippen molar-refractivity contribution in [3.05, 3.63) is 23.2 Å². The molecule has 5 nitrogen and oxygen atoms in total. The molecule has 88 valence electrons. The quantitative estimate of drug-likeness (QED) is 0.495. The summed E-state index contributed by atoms with van der Waals surface area (Å²) in [6.07, 6.45) is 4.57. The lowest BCUT2D eigenvalue weighted by atomic mass is 10.0. The molecule has 1 rings (SSSR count). The van der Waals surface area contributed by atoms with Gasteiger partial charge in [-0.2, -0.15) is 0 Å². The van der Waals surface area contributed by atoms with Gasteiger partial charge in [-0.1, -0.05) is 6.08 Å². The molecule has 0 unspecified atom stereocenters. The van der Waals surface area contributed by atoms with Crippen molar-refractivity contribution in [3.8, 4) is 0 Å². The molecule has 0 fully saturated rings. The molecule has 0 bridgehead atoms. The van der Waals surface area contributed by atoms with Gasteiger partial charge in [0.1, 0.15) is 0 Å². The van der Waals surface area contributed by atoms with Crippen LogP contribution in [0.15, 0.2) is 28.2 Å². The van der Waals surface area contributed by atoms with Gasteiger partial charge in [-0.05, 0) is 20.0 Å². The Kier molecular flexibility index (Phi) is 4.57. The maximum Gasteiger partial charge on any atom is 0.338 e. The van der Waals surface area contributed by atoms with E-state index in [2.05, 4.69) is 14.5 Å². The average Bonchev–Trinajstić information content (AvgIpc) is 2.27. The number of methoxy groups -OCH3 is 2. The molecule has 0 aromatic carbocycles. The summed E-state index contributed by atoms with van der Waals surface area (Å²) in [6, 6.07) is 0. The van der Waals surface area contributed by atoms with Crippen molar-refractivity contribution in [1.82, 2.24) is 0 Å². The highest BCUT2D eigenvalue weighted by Crippen LogP contribution is 2.16. The van der Waals surface area contributed by atoms with Gasteiger partial charge in [0.15, 0.2) is 0 Å². The first-order chi connectivity index (χ1) is 7.70. The van der Waals surface area contributed by atoms with Crippen LogP contribution in [0.4, 0.5) is 0 Å². The summed E-state index contributed by atoms with van der Waals surface area (Å²) in [7, 11) is 2.53. The molecule has 1 aliphatic heterocycles. The van der Waals surface area contributed by atoms with Gasteiger partial charge in [0.2, 0.25) is 0 Å². The van der Waals surface area contributed by atoms with E-state index in [9.17, 15) is 9.90 Å². The Morgan fingerprint density at radius 2 is 2.19 bits per heavy atom. The summed E-state index contributed by atoms with van der Waals surface area (Å²) >= 11 is 0. The van der Waals surface area contributed by atoms with Crippen LogP contribution >= 0.6 is 0 Å². The number of carbonyl (C=O) groups excluding carboxylic acids is 1. The van der Waals surface area contributed by atoms with Gasteiger partial charge < -0.3 is 14.6 Å². The molecule has 1 aliphatic rings. The van der Waals surface area contributed by atoms with Crippen LogP contribution in [0, 0.1) is 0 Å². The second-order valence-electron chi connectivity index (χ2n) is 3.19. The first-order valence-electron chi connectivity index (χ1n) is 4.94. The van der Waals surface area contributed by atoms with E-state index in [0.717, 1.165) is 6.42 Å². The zero-order valence-electron chi connectivity index (χ0n) is 9.36. The molecule has 16 heavy (non-hydrogen) atoms. The van der Waals surface area contributed by atoms with Crippen molar-refractivity contribution in [1.29, 1.82) is 0 Å². The number of rotatable bonds is 2. The van der Waals surface area contributed by atoms with Crippen LogP contribution in [-0.2, 0) is 14.3 Å². The van der Waals surface area contributed by atoms with Crippen LogP contribution in [0.5, 0.6) is 0 Å². The Labute approximate surface area is 94.1 Å². The number of allylic oxidation sites excluding steroid dienone is 1. The van der Waals surface area contributed by atoms with E-state index < -0.39 is 11.9 Å². The minimum atomic E-state index is -0.581. The maximum atomic E-state index is 11.5. The molecule has 0 saturated carbocycles. The number of esters is 1. The highest BCUT2D eigenvalue weighted by molar-refractivity contribution is 6.03. The fraction of sp³-hybridized carbons (Fsp3) is 0.455. The second-order valence-corrected chi connectivity index (χ2v) is 3.19. The zero-order chi connectivity index (χ0) is 12.0. The lowest BCUT2D eigenvalue weighted by molar-refractivity contribution is -0.354. The van der Waals surface area contributed by atoms with E-state index in [-0.39, 0.29) is 11.1 Å². The van der Waals surface area contributed by atoms with Crippen LogP contribution in [0.1, 0.15) is 12.8 Å². The molecule has 0 N–H and O–H groups in total. The third-order valence-electron chi connectivity index (χ3n) is 2.16. The van der Waals surface area contributed by atoms with Gasteiger partial charge in [-0.25, -0.2) is 4.79 Å². The number of carbonyl (C=O) groups is 1. The largest absolute Gasteiger partial charge is 0.616 e. The van der Waals surface area contributed by atoms with Crippen molar-refractivity contribution in [3.63, 3.8) is 0 Å². The third-order valence-corrected chi connectivity index (χ3v) is 2.16. The number of nitrogens with zero attached hydrogens (tertiary/aromatic N) is 1. The molecule has 0 amide bonds. The topological polar surface area (TPSA) is 71.0 Å². The minimum Gasteiger partial charge on any atom is -0.616 e. The highest BCUT2D eigenvalue weighted by atomic mass is 16.6. The first-order valence-corrected chi connectivity index (χ1v) is 4.94. The minimum absolute atomic E-state index is 0.147. The van der Waals surface area contributed by atoms with Gasteiger partial charge in [0.25, 0.3) is 0 Å². The molecule has 0 aromatic heterocycles. The standard InChI is InChI=1S/C11H15NO4/c1-15-10(13)8-5-3-4-6-12-7-9(8)11(14)16-2/h5,7,14H,3-4,6H2,1-2H3/p-1/b8-5+,11-9-,12-7?. The SMILES string of the molecule is COC(=O)/C1=C/CCCN=C\C1=C(/[O-])OC. The molecule has 5 heteroatoms. The molecule has 0 atom stereocenters. The first kappa shape index (κ1) is 12.3. The fourth-order valence-electron chi connectivity index (χ4n) is 1.34. The highest BCUT2D eigenvalue weighted by Gasteiger charge is 2.15. The van der Waals surface area contributed by atoms with E-state index in [0.29, 0.717) is 13.0 Å². The van der Waals surface area contributed by atoms with Gasteiger partial charge in [-0.3, -0.25) is 4.99 Å². The summed E-state index contributed by atoms with van der Waals surface area (Å²) < 4.78 is 9.21. The van der Waals surface area contributed by atoms with E-state index in [1.807, 2.05) is 0 Å². The molecular weight excluding hydrogens is 210 g/mol. The average molecular weight is 224 g/mol. The predicted molar refractivity (Wildman–Crippen MR) is 56.7 cm³/mol. The van der Waals surface area contributed by atoms with E-state index >= 15 is 0 Å². The Balaban J connectivity index is 3.14. The number of hydrogen-bond acceptors (Lipinski definition) is 5. The summed E-state index contributed by atoms with van der Waals surface area (Å²) in [4.78, 5) is 15.5. The van der Waals surface area contributed by atoms with Crippen molar-refractivity contribution >= 4 is 12.2 Å². The lowest BCUT2D eigenvalue weighted by Gasteiger charge is -2.16. The number of ether oxygens (including phenoxy) is 2. The van der Waals surface area contributed by atoms with Gasteiger partial charge in [0.05, 0.1) is 18.6 Å². The van der Waals surface area contributed by atoms with E-state index in [1.54, 1.807) is 6.08 Å². The van der Waals surface area contributed by atoms with Crippen molar-refractivity contribution in [2.45, 2.75) is 12.8 Å². The number of aliphatic imine (C=N–C) groups is 1. The Hall–Kier alpha value is -1.78. The van der Waals surface area contributed by atoms with Gasteiger partial charge in [-0.15, -0.1) is 0 Å². The van der Waals surface area contributed by atoms with Gasteiger partial charge in [0, 0.05) is 18.3 Å². The molecule has 0 spiro atoms. The predicted octanol–water partition coefficient (Wildman–Crippen LogP) is 0.169. The molecule has 0 radical (unpaired) electrons. The fourth-order valence-corrected chi connectivity index (χ4v) is 1.34. The van der Waals surface area contributed by atoms with Crippen LogP contribution in [0.3, 0.4) is 0 Å². The van der Waals surface area contributed by atoms with Crippen LogP contribution in [0.25, 0.3) is 0 Å². The molecule has 0 aromatic rings. The van der Waals surface area contributed by atoms with Crippen molar-refractivity contribution in [2.24, 2.45) is 4.99 Å². The molecule has 0 saturated heterocycles. The molecule has 1 heterocycles. The third kappa shape index (κ3) is 2.85. The summed E-state index contributed by atoms with van der Waals surface area (Å²) in [5.41, 5.74) is 0.367.